The number of unbranched alkanes of at least 4 members (excludes halogenated alkanes) is 1. The zero-order chi connectivity index (χ0) is 55.2. The van der Waals surface area contributed by atoms with Crippen molar-refractivity contribution in [2.75, 3.05) is 25.4 Å². The van der Waals surface area contributed by atoms with Crippen molar-refractivity contribution in [1.29, 1.82) is 0 Å². The number of hydrogen-bond donors (Lipinski definition) is 20. The zero-order valence-corrected chi connectivity index (χ0v) is 40.3. The molecule has 29 heteroatoms. The number of carbonyl (C=O) groups is 9. The second kappa shape index (κ2) is 52.8. The summed E-state index contributed by atoms with van der Waals surface area (Å²) in [4.78, 5) is 88.1. The first kappa shape index (κ1) is 81.4. The highest BCUT2D eigenvalue weighted by molar-refractivity contribution is 7.80. The molecule has 7 atom stereocenters. The summed E-state index contributed by atoms with van der Waals surface area (Å²) in [6.45, 7) is 16.0. The van der Waals surface area contributed by atoms with Crippen LogP contribution in [0.5, 0.6) is 0 Å². The summed E-state index contributed by atoms with van der Waals surface area (Å²) in [5.74, 6) is -7.93. The maximum Gasteiger partial charge on any atom is 0.321 e. The molecular weight excluding hydrogens is 905 g/mol. The molecule has 0 bridgehead atoms. The third-order valence-electron chi connectivity index (χ3n) is 6.59. The minimum absolute atomic E-state index is 0.0208. The predicted molar refractivity (Wildman–Crippen MR) is 249 cm³/mol. The Bertz CT molecular complexity index is 1230. The first-order valence-electron chi connectivity index (χ1n) is 19.8. The Morgan fingerprint density at radius 1 is 0.409 bits per heavy atom. The van der Waals surface area contributed by atoms with Crippen molar-refractivity contribution >= 4 is 66.4 Å². The van der Waals surface area contributed by atoms with Crippen LogP contribution in [-0.4, -0.2) is 167 Å². The first-order chi connectivity index (χ1) is 29.7. The van der Waals surface area contributed by atoms with Crippen LogP contribution in [0.25, 0.3) is 0 Å². The molecule has 0 amide bonds. The quantitative estimate of drug-likeness (QED) is 0.0451. The lowest BCUT2D eigenvalue weighted by atomic mass is 10.1. The molecule has 28 nitrogen and oxygen atoms in total. The van der Waals surface area contributed by atoms with Crippen LogP contribution >= 0.6 is 12.6 Å². The molecule has 0 spiro atoms. The van der Waals surface area contributed by atoms with Crippen molar-refractivity contribution in [2.24, 2.45) is 81.0 Å². The van der Waals surface area contributed by atoms with Crippen molar-refractivity contribution in [3.8, 4) is 0 Å². The van der Waals surface area contributed by atoms with E-state index in [-0.39, 0.29) is 36.6 Å². The molecule has 0 aromatic carbocycles. The minimum atomic E-state index is -1.00. The summed E-state index contributed by atoms with van der Waals surface area (Å²) < 4.78 is 0. The van der Waals surface area contributed by atoms with E-state index in [1.807, 2.05) is 13.8 Å². The molecule has 0 heterocycles. The number of thiol groups is 1. The molecule has 0 aromatic heterocycles. The van der Waals surface area contributed by atoms with Gasteiger partial charge in [-0.05, 0) is 56.4 Å². The van der Waals surface area contributed by atoms with Crippen LogP contribution in [0.15, 0.2) is 0 Å². The van der Waals surface area contributed by atoms with Crippen molar-refractivity contribution in [3.63, 3.8) is 0 Å². The van der Waals surface area contributed by atoms with Gasteiger partial charge in [-0.1, -0.05) is 61.8 Å². The predicted octanol–water partition coefficient (Wildman–Crippen LogP) is -3.06. The fourth-order valence-corrected chi connectivity index (χ4v) is 2.33. The summed E-state index contributed by atoms with van der Waals surface area (Å²) >= 11 is 3.65. The van der Waals surface area contributed by atoms with E-state index in [4.69, 9.17) is 91.8 Å². The van der Waals surface area contributed by atoms with E-state index in [0.717, 1.165) is 12.8 Å². The Balaban J connectivity index is -0.0000000797. The lowest BCUT2D eigenvalue weighted by Gasteiger charge is -2.07. The molecule has 0 aliphatic rings. The second-order valence-electron chi connectivity index (χ2n) is 14.6. The standard InChI is InChI=1S/C6H14N2O2.C6H13NO2.3C5H11NO2.C3H7NO2S.C3H7NO2.2C2H5NO2/c7-4-2-1-3-5(8)6(9)10;1-4(2)3-5(7)6(8)9;3*1-3(2)4(6)5(7)8;4-2(1-7)3(5)6;1-2(4)3(5)6;2*3-1-2(4)5/h5H,1-4,7-8H2,(H,9,10);4-5H,3,7H2,1-2H3,(H,8,9);3*3-4H,6H2,1-2H3,(H,7,8);2,7H,1,4H2,(H,5,6);2H,4H2,1H3,(H,5,6);2*1,3H2,(H,4,5)/t2*5-;3*4-;2*2-;;/m0000000../s1. The molecule has 0 aromatic rings. The van der Waals surface area contributed by atoms with E-state index < -0.39 is 96.0 Å². The largest absolute Gasteiger partial charge is 0.480 e. The van der Waals surface area contributed by atoms with Gasteiger partial charge in [-0.25, -0.2) is 0 Å². The third kappa shape index (κ3) is 79.6. The van der Waals surface area contributed by atoms with E-state index in [1.165, 1.54) is 6.92 Å². The number of carboxylic acid groups (broad SMARTS) is 9. The normalized spacial score (nSPS) is 12.7. The highest BCUT2D eigenvalue weighted by Gasteiger charge is 2.16. The highest BCUT2D eigenvalue weighted by atomic mass is 32.1. The number of hydrogen-bond acceptors (Lipinski definition) is 20. The van der Waals surface area contributed by atoms with Crippen LogP contribution < -0.4 is 57.3 Å². The molecular formula is C37H84N10O18S. The van der Waals surface area contributed by atoms with Gasteiger partial charge in [-0.3, -0.25) is 43.2 Å². The molecule has 0 saturated carbocycles. The molecule has 0 rings (SSSR count). The van der Waals surface area contributed by atoms with Crippen molar-refractivity contribution < 1.29 is 89.1 Å². The Hall–Kier alpha value is -4.82. The Morgan fingerprint density at radius 2 is 0.652 bits per heavy atom. The maximum atomic E-state index is 10.1. The summed E-state index contributed by atoms with van der Waals surface area (Å²) in [5.41, 5.74) is 50.0. The van der Waals surface area contributed by atoms with Gasteiger partial charge < -0.3 is 103 Å². The summed E-state index contributed by atoms with van der Waals surface area (Å²) in [5, 5.41) is 72.4. The fourth-order valence-electron chi connectivity index (χ4n) is 2.17. The topological polar surface area (TPSA) is 596 Å². The average molecular weight is 989 g/mol. The first-order valence-corrected chi connectivity index (χ1v) is 20.4. The minimum Gasteiger partial charge on any atom is -0.480 e. The molecule has 66 heavy (non-hydrogen) atoms. The Kier molecular flexibility index (Phi) is 65.1. The van der Waals surface area contributed by atoms with E-state index in [1.54, 1.807) is 41.5 Å². The molecule has 29 N–H and O–H groups in total. The van der Waals surface area contributed by atoms with Crippen LogP contribution in [0.2, 0.25) is 0 Å². The highest BCUT2D eigenvalue weighted by Crippen LogP contribution is 2.02. The molecule has 0 unspecified atom stereocenters. The zero-order valence-electron chi connectivity index (χ0n) is 39.4. The van der Waals surface area contributed by atoms with Crippen LogP contribution in [0.4, 0.5) is 0 Å². The van der Waals surface area contributed by atoms with E-state index in [2.05, 4.69) is 24.1 Å². The maximum absolute atomic E-state index is 10.1. The van der Waals surface area contributed by atoms with Crippen LogP contribution in [0.3, 0.4) is 0 Å². The molecule has 0 aliphatic carbocycles. The Labute approximate surface area is 391 Å². The van der Waals surface area contributed by atoms with Gasteiger partial charge in [-0.15, -0.1) is 0 Å². The van der Waals surface area contributed by atoms with Crippen LogP contribution in [0, 0.1) is 23.7 Å². The van der Waals surface area contributed by atoms with Gasteiger partial charge in [-0.2, -0.15) is 12.6 Å². The van der Waals surface area contributed by atoms with Crippen molar-refractivity contribution in [1.82, 2.24) is 0 Å². The third-order valence-corrected chi connectivity index (χ3v) is 6.99. The molecule has 0 saturated heterocycles. The number of aliphatic carboxylic acids is 9. The lowest BCUT2D eigenvalue weighted by molar-refractivity contribution is -0.140. The second-order valence-corrected chi connectivity index (χ2v) is 14.9. The number of carboxylic acids is 9. The SMILES string of the molecule is CC(C)C[C@H](N)C(=O)O.CC(C)[C@H](N)C(=O)O.CC(C)[C@H](N)C(=O)O.CC(C)[C@H](N)C(=O)O.C[C@H](N)C(=O)O.NCC(=O)O.NCC(=O)O.NCCCC[C@H](N)C(=O)O.N[C@@H](CS)C(=O)O. The van der Waals surface area contributed by atoms with E-state index in [0.29, 0.717) is 25.3 Å². The molecule has 0 fully saturated rings. The van der Waals surface area contributed by atoms with Gasteiger partial charge in [0.2, 0.25) is 0 Å². The van der Waals surface area contributed by atoms with Gasteiger partial charge in [0.05, 0.1) is 13.1 Å². The summed E-state index contributed by atoms with van der Waals surface area (Å²) in [7, 11) is 0. The lowest BCUT2D eigenvalue weighted by Crippen LogP contribution is -2.34. The number of nitrogens with two attached hydrogens (primary N) is 10. The van der Waals surface area contributed by atoms with Crippen LogP contribution in [0.1, 0.15) is 88.0 Å². The smallest absolute Gasteiger partial charge is 0.321 e. The summed E-state index contributed by atoms with van der Waals surface area (Å²) in [6, 6.07) is -5.09. The molecule has 0 aliphatic heterocycles. The average Bonchev–Trinajstić information content (AvgIpc) is 3.20. The van der Waals surface area contributed by atoms with Crippen LogP contribution in [-0.2, 0) is 43.2 Å². The van der Waals surface area contributed by atoms with E-state index in [9.17, 15) is 43.2 Å². The summed E-state index contributed by atoms with van der Waals surface area (Å²) in [6.07, 6.45) is 2.72. The van der Waals surface area contributed by atoms with Gasteiger partial charge in [0, 0.05) is 5.75 Å². The van der Waals surface area contributed by atoms with Gasteiger partial charge >= 0.3 is 53.7 Å². The van der Waals surface area contributed by atoms with Gasteiger partial charge in [0.15, 0.2) is 0 Å². The van der Waals surface area contributed by atoms with Crippen molar-refractivity contribution in [2.45, 2.75) is 130 Å². The van der Waals surface area contributed by atoms with Gasteiger partial charge in [0.25, 0.3) is 0 Å². The molecule has 396 valence electrons. The van der Waals surface area contributed by atoms with E-state index >= 15 is 0 Å². The monoisotopic (exact) mass is 989 g/mol. The van der Waals surface area contributed by atoms with Gasteiger partial charge in [0.1, 0.15) is 42.3 Å². The van der Waals surface area contributed by atoms with Crippen molar-refractivity contribution in [3.05, 3.63) is 0 Å². The number of rotatable bonds is 19. The fraction of sp³-hybridized carbons (Fsp3) is 0.757. The Morgan fingerprint density at radius 3 is 0.727 bits per heavy atom. The molecule has 0 radical (unpaired) electrons.